The van der Waals surface area contributed by atoms with Gasteiger partial charge in [0.15, 0.2) is 5.71 Å². The van der Waals surface area contributed by atoms with Gasteiger partial charge in [0, 0.05) is 21.2 Å². The van der Waals surface area contributed by atoms with Crippen LogP contribution >= 0.6 is 15.9 Å². The molecule has 0 radical (unpaired) electrons. The van der Waals surface area contributed by atoms with E-state index in [4.69, 9.17) is 0 Å². The van der Waals surface area contributed by atoms with E-state index in [2.05, 4.69) is 31.4 Å². The first kappa shape index (κ1) is 18.0. The summed E-state index contributed by atoms with van der Waals surface area (Å²) in [6.07, 6.45) is 0. The van der Waals surface area contributed by atoms with E-state index in [9.17, 15) is 9.59 Å². The molecule has 6 heteroatoms. The molecule has 0 unspecified atom stereocenters. The van der Waals surface area contributed by atoms with Gasteiger partial charge in [0.05, 0.1) is 5.69 Å². The maximum absolute atomic E-state index is 13.0. The number of nitrogens with zero attached hydrogens (tertiary/aromatic N) is 2. The van der Waals surface area contributed by atoms with Crippen LogP contribution in [0.1, 0.15) is 21.5 Å². The van der Waals surface area contributed by atoms with Gasteiger partial charge in [0.1, 0.15) is 5.71 Å². The van der Waals surface area contributed by atoms with E-state index in [0.717, 1.165) is 4.47 Å². The summed E-state index contributed by atoms with van der Waals surface area (Å²) in [5.74, 6) is -0.611. The molecule has 3 aromatic rings. The lowest BCUT2D eigenvalue weighted by Gasteiger charge is -2.05. The van der Waals surface area contributed by atoms with Crippen LogP contribution in [0, 0.1) is 0 Å². The smallest absolute Gasteiger partial charge is 0.276 e. The average molecular weight is 432 g/mol. The van der Waals surface area contributed by atoms with Crippen molar-refractivity contribution in [2.45, 2.75) is 0 Å². The molecule has 1 amide bonds. The first-order valence-electron chi connectivity index (χ1n) is 8.55. The molecule has 5 nitrogen and oxygen atoms in total. The molecule has 1 aliphatic heterocycles. The molecule has 0 aromatic heterocycles. The standard InChI is InChI=1S/C22H14BrN3O2/c23-16-11-12-18-17(13-16)20(22(28)24-18)26-25-19(14-7-3-1-4-8-14)21(27)15-9-5-2-6-10-15/h1-13H,(H,24,26,28). The first-order chi connectivity index (χ1) is 13.6. The van der Waals surface area contributed by atoms with Gasteiger partial charge in [-0.15, -0.1) is 10.2 Å². The highest BCUT2D eigenvalue weighted by Crippen LogP contribution is 2.27. The Morgan fingerprint density at radius 2 is 1.50 bits per heavy atom. The zero-order valence-corrected chi connectivity index (χ0v) is 16.2. The van der Waals surface area contributed by atoms with E-state index in [1.54, 1.807) is 48.5 Å². The summed E-state index contributed by atoms with van der Waals surface area (Å²) in [5, 5.41) is 11.1. The van der Waals surface area contributed by atoms with E-state index in [-0.39, 0.29) is 23.1 Å². The number of ketones is 1. The van der Waals surface area contributed by atoms with Crippen LogP contribution in [0.3, 0.4) is 0 Å². The lowest BCUT2D eigenvalue weighted by Crippen LogP contribution is -2.17. The third-order valence-electron chi connectivity index (χ3n) is 4.25. The van der Waals surface area contributed by atoms with Crippen LogP contribution in [0.4, 0.5) is 5.69 Å². The Balaban J connectivity index is 1.81. The Kier molecular flexibility index (Phi) is 4.95. The van der Waals surface area contributed by atoms with Crippen molar-refractivity contribution in [1.29, 1.82) is 0 Å². The number of fused-ring (bicyclic) bond motifs is 1. The van der Waals surface area contributed by atoms with E-state index in [1.165, 1.54) is 0 Å². The van der Waals surface area contributed by atoms with Crippen molar-refractivity contribution in [3.63, 3.8) is 0 Å². The summed E-state index contributed by atoms with van der Waals surface area (Å²) < 4.78 is 0.822. The van der Waals surface area contributed by atoms with Crippen LogP contribution in [0.25, 0.3) is 0 Å². The summed E-state index contributed by atoms with van der Waals surface area (Å²) >= 11 is 3.40. The Labute approximate surface area is 170 Å². The lowest BCUT2D eigenvalue weighted by molar-refractivity contribution is -0.110. The molecule has 0 aliphatic carbocycles. The molecule has 136 valence electrons. The van der Waals surface area contributed by atoms with Gasteiger partial charge in [-0.1, -0.05) is 76.6 Å². The molecule has 28 heavy (non-hydrogen) atoms. The minimum Gasteiger partial charge on any atom is -0.320 e. The van der Waals surface area contributed by atoms with Crippen LogP contribution in [0.5, 0.6) is 0 Å². The highest BCUT2D eigenvalue weighted by molar-refractivity contribution is 9.10. The zero-order chi connectivity index (χ0) is 19.5. The summed E-state index contributed by atoms with van der Waals surface area (Å²) in [6.45, 7) is 0. The van der Waals surface area contributed by atoms with Crippen molar-refractivity contribution < 1.29 is 9.59 Å². The Morgan fingerprint density at radius 1 is 0.857 bits per heavy atom. The van der Waals surface area contributed by atoms with Gasteiger partial charge in [-0.05, 0) is 18.2 Å². The van der Waals surface area contributed by atoms with Crippen LogP contribution in [-0.4, -0.2) is 23.1 Å². The summed E-state index contributed by atoms with van der Waals surface area (Å²) in [5.41, 5.74) is 2.79. The number of amides is 1. The molecule has 0 spiro atoms. The molecule has 4 rings (SSSR count). The molecular weight excluding hydrogens is 418 g/mol. The fourth-order valence-corrected chi connectivity index (χ4v) is 3.24. The second-order valence-electron chi connectivity index (χ2n) is 6.10. The largest absolute Gasteiger partial charge is 0.320 e. The van der Waals surface area contributed by atoms with E-state index >= 15 is 0 Å². The number of anilines is 1. The van der Waals surface area contributed by atoms with Crippen molar-refractivity contribution in [3.05, 3.63) is 100 Å². The number of hydrogen-bond acceptors (Lipinski definition) is 4. The molecule has 1 aliphatic rings. The van der Waals surface area contributed by atoms with Crippen molar-refractivity contribution in [2.75, 3.05) is 5.32 Å². The molecule has 1 heterocycles. The van der Waals surface area contributed by atoms with Gasteiger partial charge in [-0.2, -0.15) is 0 Å². The number of carbonyl (C=O) groups excluding carboxylic acids is 2. The van der Waals surface area contributed by atoms with E-state index in [1.807, 2.05) is 30.3 Å². The number of nitrogens with one attached hydrogen (secondary N) is 1. The molecule has 1 N–H and O–H groups in total. The molecule has 0 atom stereocenters. The molecular formula is C22H14BrN3O2. The Morgan fingerprint density at radius 3 is 2.18 bits per heavy atom. The van der Waals surface area contributed by atoms with Crippen LogP contribution in [0.2, 0.25) is 0 Å². The van der Waals surface area contributed by atoms with Gasteiger partial charge >= 0.3 is 0 Å². The van der Waals surface area contributed by atoms with Gasteiger partial charge in [-0.3, -0.25) is 9.59 Å². The fourth-order valence-electron chi connectivity index (χ4n) is 2.88. The average Bonchev–Trinajstić information content (AvgIpc) is 3.04. The number of hydrogen-bond donors (Lipinski definition) is 1. The van der Waals surface area contributed by atoms with Crippen molar-refractivity contribution in [2.24, 2.45) is 10.2 Å². The number of rotatable bonds is 4. The normalized spacial score (nSPS) is 14.7. The van der Waals surface area contributed by atoms with Gasteiger partial charge in [0.2, 0.25) is 5.78 Å². The fraction of sp³-hybridized carbons (Fsp3) is 0. The first-order valence-corrected chi connectivity index (χ1v) is 9.35. The zero-order valence-electron chi connectivity index (χ0n) is 14.6. The number of carbonyl (C=O) groups is 2. The van der Waals surface area contributed by atoms with Crippen molar-refractivity contribution in [3.8, 4) is 0 Å². The predicted molar refractivity (Wildman–Crippen MR) is 113 cm³/mol. The van der Waals surface area contributed by atoms with Crippen LogP contribution in [-0.2, 0) is 4.79 Å². The third-order valence-corrected chi connectivity index (χ3v) is 4.74. The van der Waals surface area contributed by atoms with Gasteiger partial charge in [-0.25, -0.2) is 0 Å². The van der Waals surface area contributed by atoms with Crippen molar-refractivity contribution >= 4 is 44.7 Å². The van der Waals surface area contributed by atoms with Gasteiger partial charge in [0.25, 0.3) is 5.91 Å². The summed E-state index contributed by atoms with van der Waals surface area (Å²) in [4.78, 5) is 25.3. The molecule has 0 saturated heterocycles. The minimum absolute atomic E-state index is 0.172. The molecule has 0 saturated carbocycles. The SMILES string of the molecule is O=C1Nc2ccc(Br)cc2/C1=N/N=C(C(=O)c1ccccc1)c1ccccc1. The number of halogens is 1. The van der Waals surface area contributed by atoms with Crippen LogP contribution < -0.4 is 5.32 Å². The van der Waals surface area contributed by atoms with E-state index < -0.39 is 0 Å². The van der Waals surface area contributed by atoms with Crippen molar-refractivity contribution in [1.82, 2.24) is 0 Å². The second-order valence-corrected chi connectivity index (χ2v) is 7.02. The quantitative estimate of drug-likeness (QED) is 0.375. The maximum atomic E-state index is 13.0. The lowest BCUT2D eigenvalue weighted by atomic mass is 10.0. The minimum atomic E-state index is -0.351. The molecule has 0 fully saturated rings. The maximum Gasteiger partial charge on any atom is 0.276 e. The topological polar surface area (TPSA) is 70.9 Å². The Bertz CT molecular complexity index is 1120. The van der Waals surface area contributed by atoms with E-state index in [0.29, 0.717) is 22.4 Å². The highest BCUT2D eigenvalue weighted by atomic mass is 79.9. The summed E-state index contributed by atoms with van der Waals surface area (Å²) in [6, 6.07) is 23.4. The number of Topliss-reactive ketones (excluding diaryl/α,β-unsaturated/α-hetero) is 1. The summed E-state index contributed by atoms with van der Waals surface area (Å²) in [7, 11) is 0. The monoisotopic (exact) mass is 431 g/mol. The predicted octanol–water partition coefficient (Wildman–Crippen LogP) is 4.48. The number of benzene rings is 3. The highest BCUT2D eigenvalue weighted by Gasteiger charge is 2.26. The third kappa shape index (κ3) is 3.54. The molecule has 3 aromatic carbocycles. The molecule has 0 bridgehead atoms. The Hall–Kier alpha value is -3.38. The second kappa shape index (κ2) is 7.70. The van der Waals surface area contributed by atoms with Crippen LogP contribution in [0.15, 0.2) is 93.5 Å². The van der Waals surface area contributed by atoms with Gasteiger partial charge < -0.3 is 5.32 Å².